The molecule has 0 atom stereocenters. The van der Waals surface area contributed by atoms with Crippen molar-refractivity contribution < 1.29 is 9.90 Å². The van der Waals surface area contributed by atoms with Gasteiger partial charge in [-0.1, -0.05) is 32.0 Å². The van der Waals surface area contributed by atoms with E-state index in [9.17, 15) is 9.90 Å². The van der Waals surface area contributed by atoms with E-state index in [1.807, 2.05) is 44.2 Å². The summed E-state index contributed by atoms with van der Waals surface area (Å²) in [5.41, 5.74) is 9.43. The number of azo groups is 1. The molecule has 0 aliphatic carbocycles. The van der Waals surface area contributed by atoms with Crippen molar-refractivity contribution in [3.05, 3.63) is 53.1 Å². The summed E-state index contributed by atoms with van der Waals surface area (Å²) >= 11 is 0. The van der Waals surface area contributed by atoms with Crippen LogP contribution >= 0.6 is 0 Å². The minimum absolute atomic E-state index is 0.0891. The van der Waals surface area contributed by atoms with Crippen molar-refractivity contribution in [2.24, 2.45) is 10.2 Å². The van der Waals surface area contributed by atoms with E-state index in [1.54, 1.807) is 0 Å². The first-order chi connectivity index (χ1) is 10.6. The summed E-state index contributed by atoms with van der Waals surface area (Å²) in [7, 11) is 0. The number of rotatable bonds is 5. The molecule has 5 heteroatoms. The number of carbonyl (C=O) groups is 1. The van der Waals surface area contributed by atoms with E-state index in [0.29, 0.717) is 23.5 Å². The molecule has 0 aromatic heterocycles. The molecule has 0 aliphatic rings. The second-order valence-corrected chi connectivity index (χ2v) is 4.87. The van der Waals surface area contributed by atoms with Gasteiger partial charge in [0.2, 0.25) is 0 Å². The van der Waals surface area contributed by atoms with Crippen LogP contribution in [0.1, 0.15) is 35.3 Å². The van der Waals surface area contributed by atoms with Gasteiger partial charge in [-0.2, -0.15) is 5.11 Å². The lowest BCUT2D eigenvalue weighted by molar-refractivity contribution is 0.0697. The number of carboxylic acids is 1. The maximum absolute atomic E-state index is 11.5. The molecule has 0 radical (unpaired) electrons. The van der Waals surface area contributed by atoms with Crippen molar-refractivity contribution in [2.75, 3.05) is 5.73 Å². The number of nitrogens with two attached hydrogens (primary N) is 1. The molecule has 3 N–H and O–H groups in total. The number of carboxylic acid groups (broad SMARTS) is 1. The number of anilines is 1. The van der Waals surface area contributed by atoms with Crippen LogP contribution < -0.4 is 5.73 Å². The average Bonchev–Trinajstić information content (AvgIpc) is 2.53. The zero-order valence-corrected chi connectivity index (χ0v) is 12.7. The third-order valence-electron chi connectivity index (χ3n) is 3.51. The van der Waals surface area contributed by atoms with Crippen molar-refractivity contribution in [1.29, 1.82) is 0 Å². The Morgan fingerprint density at radius 3 is 2.27 bits per heavy atom. The summed E-state index contributed by atoms with van der Waals surface area (Å²) in [6.45, 7) is 3.95. The van der Waals surface area contributed by atoms with Gasteiger partial charge in [0.1, 0.15) is 5.69 Å². The Morgan fingerprint density at radius 1 is 1.09 bits per heavy atom. The van der Waals surface area contributed by atoms with Crippen LogP contribution in [0.3, 0.4) is 0 Å². The Hall–Kier alpha value is -2.69. The standard InChI is InChI=1S/C17H19N3O2/c1-3-12-13(4-2)16(14(17(21)22)10-15(12)18)20-19-11-8-6-5-7-9-11/h5-10H,3-4,18H2,1-2H3,(H,21,22). The summed E-state index contributed by atoms with van der Waals surface area (Å²) in [5, 5.41) is 17.8. The smallest absolute Gasteiger partial charge is 0.338 e. The highest BCUT2D eigenvalue weighted by Gasteiger charge is 2.19. The molecule has 0 unspecified atom stereocenters. The zero-order chi connectivity index (χ0) is 16.1. The Morgan fingerprint density at radius 2 is 1.73 bits per heavy atom. The Balaban J connectivity index is 2.61. The molecular weight excluding hydrogens is 278 g/mol. The van der Waals surface area contributed by atoms with E-state index in [2.05, 4.69) is 10.2 Å². The lowest BCUT2D eigenvalue weighted by Gasteiger charge is -2.14. The van der Waals surface area contributed by atoms with E-state index in [-0.39, 0.29) is 5.56 Å². The van der Waals surface area contributed by atoms with Gasteiger partial charge in [-0.15, -0.1) is 5.11 Å². The number of nitrogens with zero attached hydrogens (tertiary/aromatic N) is 2. The highest BCUT2D eigenvalue weighted by atomic mass is 16.4. The normalized spacial score (nSPS) is 11.0. The fourth-order valence-corrected chi connectivity index (χ4v) is 2.47. The quantitative estimate of drug-likeness (QED) is 0.628. The lowest BCUT2D eigenvalue weighted by atomic mass is 9.95. The summed E-state index contributed by atoms with van der Waals surface area (Å²) < 4.78 is 0. The summed E-state index contributed by atoms with van der Waals surface area (Å²) in [6.07, 6.45) is 1.38. The van der Waals surface area contributed by atoms with Crippen molar-refractivity contribution in [1.82, 2.24) is 0 Å². The summed E-state index contributed by atoms with van der Waals surface area (Å²) in [6, 6.07) is 10.7. The first-order valence-corrected chi connectivity index (χ1v) is 7.22. The predicted molar refractivity (Wildman–Crippen MR) is 87.2 cm³/mol. The van der Waals surface area contributed by atoms with E-state index in [1.165, 1.54) is 6.07 Å². The Kier molecular flexibility index (Phi) is 4.88. The second kappa shape index (κ2) is 6.85. The number of hydrogen-bond acceptors (Lipinski definition) is 4. The largest absolute Gasteiger partial charge is 0.478 e. The molecule has 0 heterocycles. The number of hydrogen-bond donors (Lipinski definition) is 2. The SMILES string of the molecule is CCc1c(N)cc(C(=O)O)c(N=Nc2ccccc2)c1CC. The van der Waals surface area contributed by atoms with Crippen LogP contribution in [-0.2, 0) is 12.8 Å². The van der Waals surface area contributed by atoms with E-state index in [0.717, 1.165) is 17.5 Å². The second-order valence-electron chi connectivity index (χ2n) is 4.87. The number of aromatic carboxylic acids is 1. The Labute approximate surface area is 129 Å². The van der Waals surface area contributed by atoms with Gasteiger partial charge in [0, 0.05) is 5.69 Å². The zero-order valence-electron chi connectivity index (χ0n) is 12.7. The van der Waals surface area contributed by atoms with Crippen LogP contribution in [0.25, 0.3) is 0 Å². The molecule has 0 spiro atoms. The third kappa shape index (κ3) is 3.14. The highest BCUT2D eigenvalue weighted by molar-refractivity contribution is 5.96. The molecule has 22 heavy (non-hydrogen) atoms. The summed E-state index contributed by atoms with van der Waals surface area (Å²) in [4.78, 5) is 11.5. The maximum Gasteiger partial charge on any atom is 0.338 e. The van der Waals surface area contributed by atoms with Gasteiger partial charge in [-0.3, -0.25) is 0 Å². The molecule has 5 nitrogen and oxygen atoms in total. The molecule has 2 rings (SSSR count). The van der Waals surface area contributed by atoms with Crippen LogP contribution in [0, 0.1) is 0 Å². The van der Waals surface area contributed by atoms with Crippen LogP contribution in [0.4, 0.5) is 17.1 Å². The molecule has 2 aromatic carbocycles. The first kappa shape index (κ1) is 15.7. The lowest BCUT2D eigenvalue weighted by Crippen LogP contribution is -2.06. The summed E-state index contributed by atoms with van der Waals surface area (Å²) in [5.74, 6) is -1.05. The maximum atomic E-state index is 11.5. The average molecular weight is 297 g/mol. The van der Waals surface area contributed by atoms with Gasteiger partial charge in [0.05, 0.1) is 11.3 Å². The van der Waals surface area contributed by atoms with Gasteiger partial charge in [-0.05, 0) is 42.2 Å². The fraction of sp³-hybridized carbons (Fsp3) is 0.235. The van der Waals surface area contributed by atoms with Gasteiger partial charge < -0.3 is 10.8 Å². The third-order valence-corrected chi connectivity index (χ3v) is 3.51. The fourth-order valence-electron chi connectivity index (χ4n) is 2.47. The van der Waals surface area contributed by atoms with Crippen molar-refractivity contribution >= 4 is 23.0 Å². The molecule has 0 amide bonds. The number of benzene rings is 2. The van der Waals surface area contributed by atoms with Crippen LogP contribution in [0.2, 0.25) is 0 Å². The molecule has 0 bridgehead atoms. The number of nitrogen functional groups attached to an aromatic ring is 1. The predicted octanol–water partition coefficient (Wildman–Crippen LogP) is 4.51. The molecule has 0 aliphatic heterocycles. The van der Waals surface area contributed by atoms with Crippen molar-refractivity contribution in [3.63, 3.8) is 0 Å². The minimum Gasteiger partial charge on any atom is -0.478 e. The molecular formula is C17H19N3O2. The Bertz CT molecular complexity index is 710. The van der Waals surface area contributed by atoms with Crippen LogP contribution in [0.15, 0.2) is 46.6 Å². The van der Waals surface area contributed by atoms with Crippen molar-refractivity contribution in [2.45, 2.75) is 26.7 Å². The molecule has 0 fully saturated rings. The van der Waals surface area contributed by atoms with E-state index < -0.39 is 5.97 Å². The van der Waals surface area contributed by atoms with Gasteiger partial charge in [0.25, 0.3) is 0 Å². The van der Waals surface area contributed by atoms with Gasteiger partial charge >= 0.3 is 5.97 Å². The van der Waals surface area contributed by atoms with Gasteiger partial charge in [-0.25, -0.2) is 4.79 Å². The van der Waals surface area contributed by atoms with Gasteiger partial charge in [0.15, 0.2) is 0 Å². The topological polar surface area (TPSA) is 88.0 Å². The van der Waals surface area contributed by atoms with Crippen LogP contribution in [0.5, 0.6) is 0 Å². The molecule has 2 aromatic rings. The highest BCUT2D eigenvalue weighted by Crippen LogP contribution is 2.34. The molecule has 114 valence electrons. The molecule has 0 saturated carbocycles. The van der Waals surface area contributed by atoms with Crippen molar-refractivity contribution in [3.8, 4) is 0 Å². The van der Waals surface area contributed by atoms with Crippen LogP contribution in [-0.4, -0.2) is 11.1 Å². The first-order valence-electron chi connectivity index (χ1n) is 7.22. The monoisotopic (exact) mass is 297 g/mol. The van der Waals surface area contributed by atoms with E-state index in [4.69, 9.17) is 5.73 Å². The molecule has 0 saturated heterocycles. The minimum atomic E-state index is -1.05. The van der Waals surface area contributed by atoms with E-state index >= 15 is 0 Å².